The maximum atomic E-state index is 12.8. The minimum atomic E-state index is -3.84. The molecule has 0 saturated heterocycles. The monoisotopic (exact) mass is 334 g/mol. The average molecular weight is 334 g/mol. The standard InChI is InChI=1S/C17H18O5S/c1-12(18)17(23(19,20)14-7-5-4-6-8-14)13-9-10-15(21-2)16(11-13)22-3/h4-11,17H,1-3H3. The van der Waals surface area contributed by atoms with Gasteiger partial charge in [-0.2, -0.15) is 0 Å². The number of ether oxygens (including phenoxy) is 2. The number of hydrogen-bond donors (Lipinski definition) is 0. The number of Topliss-reactive ketones (excluding diaryl/α,β-unsaturated/α-hetero) is 1. The van der Waals surface area contributed by atoms with E-state index < -0.39 is 20.9 Å². The first-order valence-corrected chi connectivity index (χ1v) is 8.47. The molecule has 0 fully saturated rings. The maximum absolute atomic E-state index is 12.8. The molecular formula is C17H18O5S. The van der Waals surface area contributed by atoms with Crippen LogP contribution in [0.4, 0.5) is 0 Å². The summed E-state index contributed by atoms with van der Waals surface area (Å²) in [6.45, 7) is 1.27. The van der Waals surface area contributed by atoms with Gasteiger partial charge in [0.05, 0.1) is 19.1 Å². The molecule has 2 rings (SSSR count). The van der Waals surface area contributed by atoms with Crippen LogP contribution >= 0.6 is 0 Å². The Hall–Kier alpha value is -2.34. The largest absolute Gasteiger partial charge is 0.493 e. The van der Waals surface area contributed by atoms with Gasteiger partial charge in [0.15, 0.2) is 27.1 Å². The summed E-state index contributed by atoms with van der Waals surface area (Å²) in [5.74, 6) is 0.385. The zero-order chi connectivity index (χ0) is 17.0. The van der Waals surface area contributed by atoms with Gasteiger partial charge in [-0.3, -0.25) is 4.79 Å². The molecule has 1 unspecified atom stereocenters. The second-order valence-corrected chi connectivity index (χ2v) is 7.00. The van der Waals surface area contributed by atoms with E-state index in [4.69, 9.17) is 9.47 Å². The smallest absolute Gasteiger partial charge is 0.192 e. The van der Waals surface area contributed by atoms with Crippen molar-refractivity contribution < 1.29 is 22.7 Å². The quantitative estimate of drug-likeness (QED) is 0.812. The summed E-state index contributed by atoms with van der Waals surface area (Å²) in [5, 5.41) is -1.29. The third kappa shape index (κ3) is 3.37. The Morgan fingerprint density at radius 2 is 1.57 bits per heavy atom. The zero-order valence-corrected chi connectivity index (χ0v) is 14.0. The second-order valence-electron chi connectivity index (χ2n) is 4.96. The van der Waals surface area contributed by atoms with Crippen molar-refractivity contribution >= 4 is 15.6 Å². The van der Waals surface area contributed by atoms with Gasteiger partial charge in [0.1, 0.15) is 5.25 Å². The fraction of sp³-hybridized carbons (Fsp3) is 0.235. The summed E-state index contributed by atoms with van der Waals surface area (Å²) in [7, 11) is -0.903. The molecule has 0 aliphatic heterocycles. The summed E-state index contributed by atoms with van der Waals surface area (Å²) in [6, 6.07) is 12.6. The first kappa shape index (κ1) is 17.0. The molecule has 1 atom stereocenters. The van der Waals surface area contributed by atoms with Crippen molar-refractivity contribution in [1.82, 2.24) is 0 Å². The van der Waals surface area contributed by atoms with Crippen molar-refractivity contribution in [3.8, 4) is 11.5 Å². The van der Waals surface area contributed by atoms with E-state index in [0.29, 0.717) is 17.1 Å². The lowest BCUT2D eigenvalue weighted by molar-refractivity contribution is -0.116. The van der Waals surface area contributed by atoms with Gasteiger partial charge in [-0.1, -0.05) is 24.3 Å². The molecular weight excluding hydrogens is 316 g/mol. The van der Waals surface area contributed by atoms with Crippen LogP contribution in [0.3, 0.4) is 0 Å². The Balaban J connectivity index is 2.58. The highest BCUT2D eigenvalue weighted by atomic mass is 32.2. The highest BCUT2D eigenvalue weighted by Crippen LogP contribution is 2.35. The van der Waals surface area contributed by atoms with E-state index in [1.165, 1.54) is 39.3 Å². The first-order valence-electron chi connectivity index (χ1n) is 6.93. The van der Waals surface area contributed by atoms with Crippen molar-refractivity contribution in [1.29, 1.82) is 0 Å². The van der Waals surface area contributed by atoms with Crippen LogP contribution in [0.5, 0.6) is 11.5 Å². The zero-order valence-electron chi connectivity index (χ0n) is 13.1. The summed E-state index contributed by atoms with van der Waals surface area (Å²) in [6.07, 6.45) is 0. The van der Waals surface area contributed by atoms with E-state index in [0.717, 1.165) is 0 Å². The van der Waals surface area contributed by atoms with Gasteiger partial charge in [0.25, 0.3) is 0 Å². The van der Waals surface area contributed by atoms with E-state index in [1.807, 2.05) is 0 Å². The van der Waals surface area contributed by atoms with Crippen LogP contribution in [0.1, 0.15) is 17.7 Å². The summed E-state index contributed by atoms with van der Waals surface area (Å²) in [4.78, 5) is 12.2. The van der Waals surface area contributed by atoms with E-state index in [1.54, 1.807) is 30.3 Å². The third-order valence-corrected chi connectivity index (χ3v) is 5.62. The third-order valence-electron chi connectivity index (χ3n) is 3.46. The van der Waals surface area contributed by atoms with Gasteiger partial charge in [-0.15, -0.1) is 0 Å². The summed E-state index contributed by atoms with van der Waals surface area (Å²) < 4.78 is 36.0. The lowest BCUT2D eigenvalue weighted by atomic mass is 10.1. The van der Waals surface area contributed by atoms with Gasteiger partial charge in [-0.25, -0.2) is 8.42 Å². The molecule has 6 heteroatoms. The average Bonchev–Trinajstić information content (AvgIpc) is 2.55. The van der Waals surface area contributed by atoms with Crippen molar-refractivity contribution in [2.75, 3.05) is 14.2 Å². The molecule has 0 radical (unpaired) electrons. The van der Waals surface area contributed by atoms with Crippen molar-refractivity contribution in [3.63, 3.8) is 0 Å². The fourth-order valence-corrected chi connectivity index (χ4v) is 4.15. The minimum Gasteiger partial charge on any atom is -0.493 e. The number of ketones is 1. The van der Waals surface area contributed by atoms with Crippen LogP contribution < -0.4 is 9.47 Å². The molecule has 0 aromatic heterocycles. The molecule has 5 nitrogen and oxygen atoms in total. The lowest BCUT2D eigenvalue weighted by Crippen LogP contribution is -2.20. The Kier molecular flexibility index (Phi) is 5.05. The van der Waals surface area contributed by atoms with Crippen LogP contribution in [0.2, 0.25) is 0 Å². The van der Waals surface area contributed by atoms with E-state index in [2.05, 4.69) is 0 Å². The predicted molar refractivity (Wildman–Crippen MR) is 86.6 cm³/mol. The van der Waals surface area contributed by atoms with Crippen LogP contribution in [0.15, 0.2) is 53.4 Å². The normalized spacial score (nSPS) is 12.5. The van der Waals surface area contributed by atoms with Gasteiger partial charge in [0.2, 0.25) is 0 Å². The molecule has 0 spiro atoms. The van der Waals surface area contributed by atoms with Crippen molar-refractivity contribution in [2.24, 2.45) is 0 Å². The molecule has 0 amide bonds. The number of rotatable bonds is 6. The summed E-state index contributed by atoms with van der Waals surface area (Å²) in [5.41, 5.74) is 0.346. The molecule has 0 N–H and O–H groups in total. The SMILES string of the molecule is COc1ccc(C(C(C)=O)S(=O)(=O)c2ccccc2)cc1OC. The Morgan fingerprint density at radius 3 is 2.09 bits per heavy atom. The maximum Gasteiger partial charge on any atom is 0.192 e. The number of sulfone groups is 1. The predicted octanol–water partition coefficient (Wildman–Crippen LogP) is 2.81. The van der Waals surface area contributed by atoms with E-state index >= 15 is 0 Å². The molecule has 0 aliphatic carbocycles. The molecule has 0 saturated carbocycles. The molecule has 0 bridgehead atoms. The van der Waals surface area contributed by atoms with Gasteiger partial charge in [-0.05, 0) is 36.8 Å². The minimum absolute atomic E-state index is 0.106. The molecule has 0 heterocycles. The Morgan fingerprint density at radius 1 is 0.957 bits per heavy atom. The fourth-order valence-electron chi connectivity index (χ4n) is 2.39. The Bertz CT molecular complexity index is 797. The molecule has 2 aromatic rings. The lowest BCUT2D eigenvalue weighted by Gasteiger charge is -2.17. The number of methoxy groups -OCH3 is 2. The van der Waals surface area contributed by atoms with Gasteiger partial charge >= 0.3 is 0 Å². The molecule has 0 aliphatic rings. The Labute approximate surface area is 135 Å². The van der Waals surface area contributed by atoms with Gasteiger partial charge in [0, 0.05) is 0 Å². The van der Waals surface area contributed by atoms with Crippen LogP contribution in [0.25, 0.3) is 0 Å². The number of carbonyl (C=O) groups excluding carboxylic acids is 1. The number of hydrogen-bond acceptors (Lipinski definition) is 5. The van der Waals surface area contributed by atoms with E-state index in [9.17, 15) is 13.2 Å². The van der Waals surface area contributed by atoms with E-state index in [-0.39, 0.29) is 4.90 Å². The summed E-state index contributed by atoms with van der Waals surface area (Å²) >= 11 is 0. The molecule has 23 heavy (non-hydrogen) atoms. The number of carbonyl (C=O) groups is 1. The van der Waals surface area contributed by atoms with Crippen LogP contribution in [-0.4, -0.2) is 28.4 Å². The van der Waals surface area contributed by atoms with Crippen molar-refractivity contribution in [2.45, 2.75) is 17.1 Å². The van der Waals surface area contributed by atoms with Crippen molar-refractivity contribution in [3.05, 3.63) is 54.1 Å². The first-order chi connectivity index (χ1) is 10.9. The highest BCUT2D eigenvalue weighted by molar-refractivity contribution is 7.92. The van der Waals surface area contributed by atoms with Crippen LogP contribution in [0, 0.1) is 0 Å². The molecule has 2 aromatic carbocycles. The topological polar surface area (TPSA) is 69.7 Å². The second kappa shape index (κ2) is 6.83. The van der Waals surface area contributed by atoms with Crippen LogP contribution in [-0.2, 0) is 14.6 Å². The molecule has 122 valence electrons. The van der Waals surface area contributed by atoms with Gasteiger partial charge < -0.3 is 9.47 Å². The number of benzene rings is 2. The highest BCUT2D eigenvalue weighted by Gasteiger charge is 2.33.